The zero-order valence-corrected chi connectivity index (χ0v) is 18.0. The molecule has 0 aliphatic carbocycles. The molecule has 3 rings (SSSR count). The number of rotatable bonds is 6. The molecular formula is C20H24ClN3O4S. The highest BCUT2D eigenvalue weighted by Crippen LogP contribution is 2.26. The second-order valence-electron chi connectivity index (χ2n) is 6.88. The summed E-state index contributed by atoms with van der Waals surface area (Å²) in [4.78, 5) is 15.1. The highest BCUT2D eigenvalue weighted by Gasteiger charge is 2.24. The van der Waals surface area contributed by atoms with Gasteiger partial charge < -0.3 is 15.0 Å². The third-order valence-corrected chi connectivity index (χ3v) is 6.73. The van der Waals surface area contributed by atoms with Crippen LogP contribution in [-0.4, -0.2) is 59.0 Å². The lowest BCUT2D eigenvalue weighted by Gasteiger charge is -2.30. The minimum Gasteiger partial charge on any atom is -0.378 e. The average Bonchev–Trinajstić information content (AvgIpc) is 2.72. The number of halogens is 1. The van der Waals surface area contributed by atoms with Gasteiger partial charge in [0.05, 0.1) is 23.7 Å². The molecule has 29 heavy (non-hydrogen) atoms. The van der Waals surface area contributed by atoms with Crippen LogP contribution in [0.15, 0.2) is 47.4 Å². The van der Waals surface area contributed by atoms with Gasteiger partial charge in [0.25, 0.3) is 5.91 Å². The Labute approximate surface area is 176 Å². The molecule has 2 aromatic carbocycles. The Morgan fingerprint density at radius 2 is 1.90 bits per heavy atom. The maximum atomic E-state index is 13.0. The molecule has 1 aliphatic rings. The number of amides is 1. The molecule has 0 atom stereocenters. The minimum absolute atomic E-state index is 0.0763. The monoisotopic (exact) mass is 437 g/mol. The lowest BCUT2D eigenvalue weighted by atomic mass is 10.1. The van der Waals surface area contributed by atoms with E-state index in [9.17, 15) is 13.2 Å². The number of carbonyl (C=O) groups excluding carboxylic acids is 1. The van der Waals surface area contributed by atoms with Crippen molar-refractivity contribution < 1.29 is 17.9 Å². The standard InChI is InChI=1S/C20H24ClN3O4S/c1-23(2)29(26,27)17-6-7-19(24-8-10-28-11-9-24)18(13-17)20(25)22-14-15-4-3-5-16(21)12-15/h3-7,12-13H,8-11,14H2,1-2H3,(H,22,25). The summed E-state index contributed by atoms with van der Waals surface area (Å²) in [7, 11) is -0.736. The van der Waals surface area contributed by atoms with Crippen LogP contribution in [0.1, 0.15) is 15.9 Å². The molecule has 1 fully saturated rings. The van der Waals surface area contributed by atoms with Gasteiger partial charge in [-0.1, -0.05) is 23.7 Å². The molecule has 156 valence electrons. The SMILES string of the molecule is CN(C)S(=O)(=O)c1ccc(N2CCOCC2)c(C(=O)NCc2cccc(Cl)c2)c1. The van der Waals surface area contributed by atoms with Crippen LogP contribution in [0.4, 0.5) is 5.69 Å². The first kappa shape index (κ1) is 21.6. The molecule has 0 aromatic heterocycles. The highest BCUT2D eigenvalue weighted by molar-refractivity contribution is 7.89. The maximum Gasteiger partial charge on any atom is 0.253 e. The predicted molar refractivity (Wildman–Crippen MR) is 113 cm³/mol. The molecule has 1 amide bonds. The third-order valence-electron chi connectivity index (χ3n) is 4.69. The third kappa shape index (κ3) is 5.08. The van der Waals surface area contributed by atoms with Crippen molar-refractivity contribution >= 4 is 33.2 Å². The lowest BCUT2D eigenvalue weighted by Crippen LogP contribution is -2.38. The molecule has 2 aromatic rings. The first-order valence-corrected chi connectivity index (χ1v) is 11.0. The van der Waals surface area contributed by atoms with E-state index in [0.717, 1.165) is 9.87 Å². The molecule has 7 nitrogen and oxygen atoms in total. The molecule has 0 saturated carbocycles. The number of nitrogens with zero attached hydrogens (tertiary/aromatic N) is 2. The van der Waals surface area contributed by atoms with Crippen LogP contribution in [-0.2, 0) is 21.3 Å². The molecule has 0 bridgehead atoms. The fourth-order valence-electron chi connectivity index (χ4n) is 3.07. The van der Waals surface area contributed by atoms with Gasteiger partial charge in [0.15, 0.2) is 0 Å². The Morgan fingerprint density at radius 1 is 1.17 bits per heavy atom. The summed E-state index contributed by atoms with van der Waals surface area (Å²) in [6, 6.07) is 11.9. The van der Waals surface area contributed by atoms with Crippen molar-refractivity contribution in [2.45, 2.75) is 11.4 Å². The van der Waals surface area contributed by atoms with Crippen LogP contribution in [0.3, 0.4) is 0 Å². The molecule has 1 heterocycles. The van der Waals surface area contributed by atoms with Crippen molar-refractivity contribution in [3.8, 4) is 0 Å². The van der Waals surface area contributed by atoms with Gasteiger partial charge in [-0.3, -0.25) is 4.79 Å². The van der Waals surface area contributed by atoms with Crippen LogP contribution < -0.4 is 10.2 Å². The summed E-state index contributed by atoms with van der Waals surface area (Å²) in [6.45, 7) is 2.66. The summed E-state index contributed by atoms with van der Waals surface area (Å²) < 4.78 is 31.6. The van der Waals surface area contributed by atoms with E-state index in [2.05, 4.69) is 5.32 Å². The minimum atomic E-state index is -3.66. The molecular weight excluding hydrogens is 414 g/mol. The van der Waals surface area contributed by atoms with Gasteiger partial charge in [0.1, 0.15) is 0 Å². The zero-order chi connectivity index (χ0) is 21.0. The number of hydrogen-bond donors (Lipinski definition) is 1. The van der Waals surface area contributed by atoms with Crippen LogP contribution in [0.5, 0.6) is 0 Å². The predicted octanol–water partition coefficient (Wildman–Crippen LogP) is 2.36. The number of sulfonamides is 1. The van der Waals surface area contributed by atoms with E-state index in [1.807, 2.05) is 17.0 Å². The number of hydrogen-bond acceptors (Lipinski definition) is 5. The van der Waals surface area contributed by atoms with Gasteiger partial charge >= 0.3 is 0 Å². The van der Waals surface area contributed by atoms with Gasteiger partial charge in [0.2, 0.25) is 10.0 Å². The summed E-state index contributed by atoms with van der Waals surface area (Å²) in [5, 5.41) is 3.45. The molecule has 1 N–H and O–H groups in total. The number of nitrogens with one attached hydrogen (secondary N) is 1. The van der Waals surface area contributed by atoms with E-state index >= 15 is 0 Å². The fraction of sp³-hybridized carbons (Fsp3) is 0.350. The second kappa shape index (κ2) is 9.13. The molecule has 1 saturated heterocycles. The Bertz CT molecular complexity index is 989. The van der Waals surface area contributed by atoms with Gasteiger partial charge in [-0.05, 0) is 35.9 Å². The summed E-state index contributed by atoms with van der Waals surface area (Å²) in [5.41, 5.74) is 1.86. The van der Waals surface area contributed by atoms with Crippen molar-refractivity contribution in [2.75, 3.05) is 45.3 Å². The second-order valence-corrected chi connectivity index (χ2v) is 9.47. The lowest BCUT2D eigenvalue weighted by molar-refractivity contribution is 0.0949. The molecule has 1 aliphatic heterocycles. The number of ether oxygens (including phenoxy) is 1. The largest absolute Gasteiger partial charge is 0.378 e. The van der Waals surface area contributed by atoms with Gasteiger partial charge in [0, 0.05) is 44.4 Å². The van der Waals surface area contributed by atoms with Crippen molar-refractivity contribution in [1.82, 2.24) is 9.62 Å². The number of carbonyl (C=O) groups is 1. The zero-order valence-electron chi connectivity index (χ0n) is 16.4. The van der Waals surface area contributed by atoms with Crippen molar-refractivity contribution in [2.24, 2.45) is 0 Å². The van der Waals surface area contributed by atoms with E-state index in [1.165, 1.54) is 26.2 Å². The van der Waals surface area contributed by atoms with E-state index in [0.29, 0.717) is 42.6 Å². The van der Waals surface area contributed by atoms with Crippen LogP contribution in [0.25, 0.3) is 0 Å². The van der Waals surface area contributed by atoms with Crippen molar-refractivity contribution in [3.63, 3.8) is 0 Å². The summed E-state index contributed by atoms with van der Waals surface area (Å²) in [6.07, 6.45) is 0. The first-order chi connectivity index (χ1) is 13.8. The van der Waals surface area contributed by atoms with E-state index in [-0.39, 0.29) is 17.3 Å². The first-order valence-electron chi connectivity index (χ1n) is 9.21. The smallest absolute Gasteiger partial charge is 0.253 e. The van der Waals surface area contributed by atoms with E-state index < -0.39 is 10.0 Å². The Morgan fingerprint density at radius 3 is 2.55 bits per heavy atom. The number of benzene rings is 2. The molecule has 0 unspecified atom stereocenters. The van der Waals surface area contributed by atoms with Crippen LogP contribution in [0, 0.1) is 0 Å². The Kier molecular flexibility index (Phi) is 6.79. The molecule has 0 radical (unpaired) electrons. The Hall–Kier alpha value is -2.13. The number of morpholine rings is 1. The normalized spacial score (nSPS) is 14.8. The van der Waals surface area contributed by atoms with E-state index in [4.69, 9.17) is 16.3 Å². The quantitative estimate of drug-likeness (QED) is 0.750. The Balaban J connectivity index is 1.92. The van der Waals surface area contributed by atoms with Gasteiger partial charge in [-0.25, -0.2) is 12.7 Å². The molecule has 9 heteroatoms. The molecule has 0 spiro atoms. The van der Waals surface area contributed by atoms with E-state index in [1.54, 1.807) is 18.2 Å². The van der Waals surface area contributed by atoms with Crippen LogP contribution >= 0.6 is 11.6 Å². The van der Waals surface area contributed by atoms with Gasteiger partial charge in [-0.2, -0.15) is 0 Å². The van der Waals surface area contributed by atoms with Crippen molar-refractivity contribution in [3.05, 3.63) is 58.6 Å². The highest BCUT2D eigenvalue weighted by atomic mass is 35.5. The van der Waals surface area contributed by atoms with Crippen molar-refractivity contribution in [1.29, 1.82) is 0 Å². The van der Waals surface area contributed by atoms with Crippen LogP contribution in [0.2, 0.25) is 5.02 Å². The summed E-state index contributed by atoms with van der Waals surface area (Å²) in [5.74, 6) is -0.345. The summed E-state index contributed by atoms with van der Waals surface area (Å²) >= 11 is 6.00. The average molecular weight is 438 g/mol. The number of anilines is 1. The topological polar surface area (TPSA) is 79.0 Å². The fourth-order valence-corrected chi connectivity index (χ4v) is 4.21. The maximum absolute atomic E-state index is 13.0. The van der Waals surface area contributed by atoms with Gasteiger partial charge in [-0.15, -0.1) is 0 Å².